The van der Waals surface area contributed by atoms with Crippen molar-refractivity contribution in [2.75, 3.05) is 12.4 Å². The zero-order chi connectivity index (χ0) is 25.1. The number of hydrazone groups is 1. The molecule has 2 aliphatic rings. The molecule has 0 atom stereocenters. The summed E-state index contributed by atoms with van der Waals surface area (Å²) in [6.07, 6.45) is 3.27. The summed E-state index contributed by atoms with van der Waals surface area (Å²) in [5.41, 5.74) is 1.17. The van der Waals surface area contributed by atoms with Crippen LogP contribution in [0, 0.1) is 15.5 Å². The van der Waals surface area contributed by atoms with Gasteiger partial charge >= 0.3 is 0 Å². The lowest BCUT2D eigenvalue weighted by Gasteiger charge is -2.20. The van der Waals surface area contributed by atoms with Crippen molar-refractivity contribution in [2.24, 2.45) is 10.1 Å². The minimum Gasteiger partial charge on any atom is -0.493 e. The van der Waals surface area contributed by atoms with Gasteiger partial charge in [-0.3, -0.25) is 20.3 Å². The lowest BCUT2D eigenvalue weighted by molar-refractivity contribution is -0.384. The number of amides is 1. The van der Waals surface area contributed by atoms with Crippen LogP contribution < -0.4 is 4.74 Å². The first-order chi connectivity index (χ1) is 17.5. The number of hydrogen-bond acceptors (Lipinski definition) is 8. The van der Waals surface area contributed by atoms with Crippen molar-refractivity contribution in [1.82, 2.24) is 9.58 Å². The number of rotatable bonds is 7. The maximum Gasteiger partial charge on any atom is 0.283 e. The van der Waals surface area contributed by atoms with Gasteiger partial charge in [-0.15, -0.1) is 5.10 Å². The number of thioether (sulfide) groups is 2. The predicted molar refractivity (Wildman–Crippen MR) is 142 cm³/mol. The molecule has 2 aliphatic heterocycles. The predicted octanol–water partition coefficient (Wildman–Crippen LogP) is 4.77. The lowest BCUT2D eigenvalue weighted by Crippen LogP contribution is -2.35. The van der Waals surface area contributed by atoms with E-state index in [2.05, 4.69) is 10.1 Å². The third-order valence-corrected chi connectivity index (χ3v) is 7.15. The molecule has 5 rings (SSSR count). The van der Waals surface area contributed by atoms with Crippen molar-refractivity contribution in [3.8, 4) is 11.4 Å². The van der Waals surface area contributed by atoms with Crippen LogP contribution in [0.1, 0.15) is 5.69 Å². The molecule has 0 radical (unpaired) electrons. The molecule has 3 aromatic rings. The Morgan fingerprint density at radius 3 is 2.78 bits per heavy atom. The van der Waals surface area contributed by atoms with E-state index in [4.69, 9.17) is 10.1 Å². The molecule has 0 fully saturated rings. The van der Waals surface area contributed by atoms with Gasteiger partial charge in [0.1, 0.15) is 5.75 Å². The van der Waals surface area contributed by atoms with E-state index in [0.717, 1.165) is 5.75 Å². The molecule has 180 valence electrons. The van der Waals surface area contributed by atoms with Crippen LogP contribution in [0.25, 0.3) is 11.8 Å². The number of fused-ring (bicyclic) bond motifs is 1. The fourth-order valence-electron chi connectivity index (χ4n) is 3.49. The minimum atomic E-state index is -0.542. The van der Waals surface area contributed by atoms with E-state index < -0.39 is 10.8 Å². The van der Waals surface area contributed by atoms with Gasteiger partial charge in [0, 0.05) is 29.8 Å². The molecule has 0 saturated heterocycles. The topological polar surface area (TPSA) is 126 Å². The number of nitro groups is 1. The number of ether oxygens (including phenoxy) is 1. The van der Waals surface area contributed by atoms with Gasteiger partial charge in [0.15, 0.2) is 10.2 Å². The zero-order valence-electron chi connectivity index (χ0n) is 18.6. The molecule has 0 bridgehead atoms. The van der Waals surface area contributed by atoms with Gasteiger partial charge in [0.25, 0.3) is 11.6 Å². The smallest absolute Gasteiger partial charge is 0.283 e. The van der Waals surface area contributed by atoms with E-state index in [1.807, 2.05) is 30.3 Å². The molecule has 0 spiro atoms. The molecule has 12 heteroatoms. The van der Waals surface area contributed by atoms with Gasteiger partial charge in [-0.1, -0.05) is 36.0 Å². The summed E-state index contributed by atoms with van der Waals surface area (Å²) in [7, 11) is 0. The number of nitrogens with zero attached hydrogens (tertiary/aromatic N) is 5. The second kappa shape index (κ2) is 10.2. The number of carbonyl (C=O) groups excluding carboxylic acids is 1. The summed E-state index contributed by atoms with van der Waals surface area (Å²) in [6, 6.07) is 19.2. The summed E-state index contributed by atoms with van der Waals surface area (Å²) in [6.45, 7) is 0.483. The Kier molecular flexibility index (Phi) is 6.69. The van der Waals surface area contributed by atoms with Crippen molar-refractivity contribution < 1.29 is 14.5 Å². The van der Waals surface area contributed by atoms with Gasteiger partial charge < -0.3 is 9.30 Å². The van der Waals surface area contributed by atoms with Crippen molar-refractivity contribution in [3.05, 3.63) is 94.3 Å². The van der Waals surface area contributed by atoms with Gasteiger partial charge in [-0.2, -0.15) is 10.0 Å². The van der Waals surface area contributed by atoms with Crippen molar-refractivity contribution in [1.29, 1.82) is 5.41 Å². The number of aromatic nitrogens is 1. The SMILES string of the molecule is N=C1/C(=C/c2cccn2-c2cccc([N+](=O)[O-])c2)C(=O)N=C2SC(SCCOc3ccccc3)=NN12. The Hall–Kier alpha value is -4.16. The first kappa shape index (κ1) is 23.6. The maximum absolute atomic E-state index is 12.8. The molecule has 1 aromatic heterocycles. The maximum atomic E-state index is 12.8. The molecule has 10 nitrogen and oxygen atoms in total. The van der Waals surface area contributed by atoms with Crippen LogP contribution in [0.4, 0.5) is 5.69 Å². The summed E-state index contributed by atoms with van der Waals surface area (Å²) in [4.78, 5) is 27.6. The van der Waals surface area contributed by atoms with Crippen molar-refractivity contribution >= 4 is 56.6 Å². The average Bonchev–Trinajstić information content (AvgIpc) is 3.52. The van der Waals surface area contributed by atoms with Crippen LogP contribution in [0.15, 0.2) is 88.6 Å². The Balaban J connectivity index is 1.31. The summed E-state index contributed by atoms with van der Waals surface area (Å²) >= 11 is 2.70. The van der Waals surface area contributed by atoms with Crippen LogP contribution in [0.2, 0.25) is 0 Å². The van der Waals surface area contributed by atoms with Crippen molar-refractivity contribution in [3.63, 3.8) is 0 Å². The van der Waals surface area contributed by atoms with E-state index in [0.29, 0.717) is 33.3 Å². The number of benzene rings is 2. The molecule has 3 heterocycles. The third-order valence-electron chi connectivity index (χ3n) is 5.15. The Bertz CT molecular complexity index is 1450. The standard InChI is InChI=1S/C24H18N6O4S2/c25-21-20(15-17-8-5-11-28(17)16-6-4-7-18(14-16)30(32)33)22(31)26-23-29(21)27-24(36-23)35-13-12-34-19-9-2-1-3-10-19/h1-11,14-15,25H,12-13H2/b20-15-,25-21?. The van der Waals surface area contributed by atoms with Gasteiger partial charge in [-0.25, -0.2) is 0 Å². The van der Waals surface area contributed by atoms with E-state index in [9.17, 15) is 14.9 Å². The highest BCUT2D eigenvalue weighted by atomic mass is 32.2. The van der Waals surface area contributed by atoms with Gasteiger partial charge in [0.05, 0.1) is 22.8 Å². The van der Waals surface area contributed by atoms with Crippen LogP contribution in [0.5, 0.6) is 5.75 Å². The number of nitro benzene ring substituents is 1. The molecule has 0 saturated carbocycles. The lowest BCUT2D eigenvalue weighted by atomic mass is 10.1. The number of nitrogens with one attached hydrogen (secondary N) is 1. The molecule has 2 aromatic carbocycles. The highest BCUT2D eigenvalue weighted by Gasteiger charge is 2.36. The average molecular weight is 519 g/mol. The second-order valence-corrected chi connectivity index (χ2v) is 9.77. The fourth-order valence-corrected chi connectivity index (χ4v) is 5.31. The minimum absolute atomic E-state index is 0.0434. The quantitative estimate of drug-likeness (QED) is 0.207. The first-order valence-electron chi connectivity index (χ1n) is 10.7. The van der Waals surface area contributed by atoms with Crippen LogP contribution >= 0.6 is 23.5 Å². The van der Waals surface area contributed by atoms with Crippen molar-refractivity contribution in [2.45, 2.75) is 0 Å². The van der Waals surface area contributed by atoms with Crippen LogP contribution in [0.3, 0.4) is 0 Å². The Morgan fingerprint density at radius 2 is 1.97 bits per heavy atom. The second-order valence-electron chi connectivity index (χ2n) is 7.48. The molecule has 1 N–H and O–H groups in total. The fraction of sp³-hybridized carbons (Fsp3) is 0.0833. The van der Waals surface area contributed by atoms with E-state index >= 15 is 0 Å². The molecular formula is C24H18N6O4S2. The van der Waals surface area contributed by atoms with E-state index in [1.165, 1.54) is 40.7 Å². The van der Waals surface area contributed by atoms with Crippen LogP contribution in [-0.2, 0) is 4.79 Å². The summed E-state index contributed by atoms with van der Waals surface area (Å²) in [5.74, 6) is 0.806. The largest absolute Gasteiger partial charge is 0.493 e. The number of aliphatic imine (C=N–C) groups is 1. The molecule has 0 unspecified atom stereocenters. The van der Waals surface area contributed by atoms with Gasteiger partial charge in [-0.05, 0) is 48.2 Å². The summed E-state index contributed by atoms with van der Waals surface area (Å²) in [5, 5.41) is 25.9. The molecule has 0 aliphatic carbocycles. The zero-order valence-corrected chi connectivity index (χ0v) is 20.2. The Labute approximate surface area is 214 Å². The molecule has 1 amide bonds. The number of para-hydroxylation sites is 1. The number of carbonyl (C=O) groups is 1. The third kappa shape index (κ3) is 4.95. The van der Waals surface area contributed by atoms with E-state index in [-0.39, 0.29) is 17.1 Å². The highest BCUT2D eigenvalue weighted by Crippen LogP contribution is 2.32. The molecular weight excluding hydrogens is 500 g/mol. The molecule has 36 heavy (non-hydrogen) atoms. The monoisotopic (exact) mass is 518 g/mol. The normalized spacial score (nSPS) is 16.1. The van der Waals surface area contributed by atoms with Gasteiger partial charge in [0.2, 0.25) is 5.17 Å². The highest BCUT2D eigenvalue weighted by molar-refractivity contribution is 8.45. The van der Waals surface area contributed by atoms with E-state index in [1.54, 1.807) is 41.1 Å². The van der Waals surface area contributed by atoms with Crippen LogP contribution in [-0.4, -0.2) is 48.1 Å². The number of amidine groups is 2. The Morgan fingerprint density at radius 1 is 1.14 bits per heavy atom. The number of non-ortho nitro benzene ring substituents is 1. The summed E-state index contributed by atoms with van der Waals surface area (Å²) < 4.78 is 8.07. The number of hydrogen-bond donors (Lipinski definition) is 1. The first-order valence-corrected chi connectivity index (χ1v) is 12.5.